The molecule has 1 rings (SSSR count). The summed E-state index contributed by atoms with van der Waals surface area (Å²) in [5.74, 6) is -0.0428. The van der Waals surface area contributed by atoms with E-state index in [4.69, 9.17) is 0 Å². The second-order valence-electron chi connectivity index (χ2n) is 3.00. The number of thiol groups is 1. The van der Waals surface area contributed by atoms with Crippen LogP contribution in [0.3, 0.4) is 0 Å². The van der Waals surface area contributed by atoms with Crippen LogP contribution in [0.25, 0.3) is 0 Å². The van der Waals surface area contributed by atoms with Crippen LogP contribution in [0, 0.1) is 0 Å². The Morgan fingerprint density at radius 1 is 1.25 bits per heavy atom. The van der Waals surface area contributed by atoms with E-state index in [1.165, 1.54) is 0 Å². The fourth-order valence-corrected chi connectivity index (χ4v) is 3.21. The monoisotopic (exact) mass is 210 g/mol. The lowest BCUT2D eigenvalue weighted by molar-refractivity contribution is 0.357. The molecule has 0 aromatic heterocycles. The minimum atomic E-state index is -3.31. The Labute approximate surface area is 79.0 Å². The molecule has 0 spiro atoms. The van der Waals surface area contributed by atoms with E-state index in [9.17, 15) is 8.42 Å². The highest BCUT2D eigenvalue weighted by atomic mass is 32.2. The van der Waals surface area contributed by atoms with Crippen LogP contribution in [-0.4, -0.2) is 19.6 Å². The molecule has 0 unspecified atom stereocenters. The summed E-state index contributed by atoms with van der Waals surface area (Å²) in [5.41, 5.74) is 0. The van der Waals surface area contributed by atoms with Gasteiger partial charge < -0.3 is 0 Å². The largest absolute Gasteiger partial charge is 0.271 e. The van der Waals surface area contributed by atoms with Crippen molar-refractivity contribution in [2.24, 2.45) is 0 Å². The van der Waals surface area contributed by atoms with Crippen LogP contribution in [0.5, 0.6) is 0 Å². The van der Waals surface area contributed by atoms with E-state index in [2.05, 4.69) is 16.8 Å². The minimum absolute atomic E-state index is 0.0428. The van der Waals surface area contributed by atoms with Gasteiger partial charge in [-0.3, -0.25) is 4.18 Å². The molecule has 0 atom stereocenters. The van der Waals surface area contributed by atoms with E-state index in [0.717, 1.165) is 32.1 Å². The highest BCUT2D eigenvalue weighted by Gasteiger charge is 2.27. The smallest absolute Gasteiger partial charge is 0.259 e. The normalized spacial score (nSPS) is 21.1. The van der Waals surface area contributed by atoms with Crippen molar-refractivity contribution < 1.29 is 12.6 Å². The average Bonchev–Trinajstić information content (AvgIpc) is 2.06. The third kappa shape index (κ3) is 2.64. The quantitative estimate of drug-likeness (QED) is 0.436. The molecule has 0 bridgehead atoms. The highest BCUT2D eigenvalue weighted by molar-refractivity contribution is 7.88. The summed E-state index contributed by atoms with van der Waals surface area (Å²) < 4.78 is 27.2. The van der Waals surface area contributed by atoms with Crippen molar-refractivity contribution in [2.75, 3.05) is 5.94 Å². The standard InChI is InChI=1S/C7H14O3S2/c8-12(9,10-6-11)7-4-2-1-3-5-7/h7,11H,1-6H2. The van der Waals surface area contributed by atoms with Crippen molar-refractivity contribution in [3.63, 3.8) is 0 Å². The molecule has 12 heavy (non-hydrogen) atoms. The first-order chi connectivity index (χ1) is 5.67. The molecular formula is C7H14O3S2. The predicted octanol–water partition coefficient (Wildman–Crippen LogP) is 1.55. The molecule has 0 aromatic rings. The second kappa shape index (κ2) is 4.48. The molecule has 0 N–H and O–H groups in total. The van der Waals surface area contributed by atoms with Gasteiger partial charge in [-0.1, -0.05) is 19.3 Å². The lowest BCUT2D eigenvalue weighted by Gasteiger charge is -2.20. The average molecular weight is 210 g/mol. The topological polar surface area (TPSA) is 43.4 Å². The Morgan fingerprint density at radius 3 is 2.33 bits per heavy atom. The van der Waals surface area contributed by atoms with Gasteiger partial charge in [0.1, 0.15) is 5.94 Å². The van der Waals surface area contributed by atoms with Crippen molar-refractivity contribution in [1.29, 1.82) is 0 Å². The van der Waals surface area contributed by atoms with Gasteiger partial charge in [-0.25, -0.2) is 0 Å². The van der Waals surface area contributed by atoms with Gasteiger partial charge in [-0.05, 0) is 12.8 Å². The van der Waals surface area contributed by atoms with Gasteiger partial charge >= 0.3 is 0 Å². The van der Waals surface area contributed by atoms with Gasteiger partial charge in [0, 0.05) is 0 Å². The molecule has 3 nitrogen and oxygen atoms in total. The molecule has 72 valence electrons. The summed E-state index contributed by atoms with van der Waals surface area (Å²) in [5, 5.41) is -0.279. The van der Waals surface area contributed by atoms with Gasteiger partial charge in [-0.15, -0.1) is 12.6 Å². The van der Waals surface area contributed by atoms with Crippen molar-refractivity contribution in [3.8, 4) is 0 Å². The van der Waals surface area contributed by atoms with Crippen LogP contribution in [0.2, 0.25) is 0 Å². The minimum Gasteiger partial charge on any atom is -0.259 e. The van der Waals surface area contributed by atoms with E-state index in [-0.39, 0.29) is 11.2 Å². The van der Waals surface area contributed by atoms with Crippen LogP contribution in [0.1, 0.15) is 32.1 Å². The van der Waals surface area contributed by atoms with Gasteiger partial charge in [0.2, 0.25) is 0 Å². The molecule has 0 heterocycles. The van der Waals surface area contributed by atoms with Crippen molar-refractivity contribution in [1.82, 2.24) is 0 Å². The summed E-state index contributed by atoms with van der Waals surface area (Å²) in [6.45, 7) is 0. The van der Waals surface area contributed by atoms with Crippen molar-refractivity contribution in [2.45, 2.75) is 37.4 Å². The number of rotatable bonds is 3. The summed E-state index contributed by atoms with van der Waals surface area (Å²) >= 11 is 3.73. The molecule has 1 saturated carbocycles. The third-order valence-electron chi connectivity index (χ3n) is 2.18. The molecule has 0 amide bonds. The zero-order valence-corrected chi connectivity index (χ0v) is 8.61. The van der Waals surface area contributed by atoms with Crippen LogP contribution < -0.4 is 0 Å². The van der Waals surface area contributed by atoms with Crippen LogP contribution in [0.4, 0.5) is 0 Å². The summed E-state index contributed by atoms with van der Waals surface area (Å²) in [7, 11) is -3.31. The van der Waals surface area contributed by atoms with Gasteiger partial charge in [0.25, 0.3) is 10.1 Å². The molecule has 0 radical (unpaired) electrons. The van der Waals surface area contributed by atoms with E-state index < -0.39 is 10.1 Å². The predicted molar refractivity (Wildman–Crippen MR) is 50.7 cm³/mol. The molecule has 0 aromatic carbocycles. The van der Waals surface area contributed by atoms with E-state index in [1.807, 2.05) is 0 Å². The molecule has 0 aliphatic heterocycles. The number of hydrogen-bond acceptors (Lipinski definition) is 4. The van der Waals surface area contributed by atoms with Crippen LogP contribution in [0.15, 0.2) is 0 Å². The Morgan fingerprint density at radius 2 is 1.83 bits per heavy atom. The zero-order chi connectivity index (χ0) is 9.03. The Hall–Kier alpha value is 0.260. The van der Waals surface area contributed by atoms with E-state index in [0.29, 0.717) is 0 Å². The second-order valence-corrected chi connectivity index (χ2v) is 5.15. The Bertz CT molecular complexity index is 217. The van der Waals surface area contributed by atoms with Gasteiger partial charge in [-0.2, -0.15) is 8.42 Å². The maximum absolute atomic E-state index is 11.3. The van der Waals surface area contributed by atoms with Gasteiger partial charge in [0.15, 0.2) is 0 Å². The maximum atomic E-state index is 11.3. The molecule has 0 saturated heterocycles. The van der Waals surface area contributed by atoms with Crippen molar-refractivity contribution >= 4 is 22.7 Å². The summed E-state index contributed by atoms with van der Waals surface area (Å²) in [6, 6.07) is 0. The zero-order valence-electron chi connectivity index (χ0n) is 6.90. The first kappa shape index (κ1) is 10.3. The first-order valence-corrected chi connectivity index (χ1v) is 6.26. The first-order valence-electron chi connectivity index (χ1n) is 4.16. The third-order valence-corrected chi connectivity index (χ3v) is 4.22. The maximum Gasteiger partial charge on any atom is 0.271 e. The van der Waals surface area contributed by atoms with Gasteiger partial charge in [0.05, 0.1) is 5.25 Å². The lowest BCUT2D eigenvalue weighted by atomic mass is 10.0. The molecule has 1 fully saturated rings. The molecule has 5 heteroatoms. The van der Waals surface area contributed by atoms with Crippen LogP contribution in [-0.2, 0) is 14.3 Å². The fourth-order valence-electron chi connectivity index (χ4n) is 1.52. The Balaban J connectivity index is 2.54. The van der Waals surface area contributed by atoms with E-state index in [1.54, 1.807) is 0 Å². The van der Waals surface area contributed by atoms with Crippen LogP contribution >= 0.6 is 12.6 Å². The summed E-state index contributed by atoms with van der Waals surface area (Å²) in [6.07, 6.45) is 4.64. The SMILES string of the molecule is O=S(=O)(OCS)C1CCCCC1. The van der Waals surface area contributed by atoms with Crippen molar-refractivity contribution in [3.05, 3.63) is 0 Å². The lowest BCUT2D eigenvalue weighted by Crippen LogP contribution is -2.25. The molecule has 1 aliphatic rings. The fraction of sp³-hybridized carbons (Fsp3) is 1.00. The molecule has 1 aliphatic carbocycles. The molecular weight excluding hydrogens is 196 g/mol. The number of hydrogen-bond donors (Lipinski definition) is 1. The highest BCUT2D eigenvalue weighted by Crippen LogP contribution is 2.24. The Kier molecular flexibility index (Phi) is 3.86. The van der Waals surface area contributed by atoms with E-state index >= 15 is 0 Å². The summed E-state index contributed by atoms with van der Waals surface area (Å²) in [4.78, 5) is 0.